The molecule has 0 saturated heterocycles. The second kappa shape index (κ2) is 8.05. The van der Waals surface area contributed by atoms with E-state index < -0.39 is 81.0 Å². The van der Waals surface area contributed by atoms with Crippen molar-refractivity contribution in [2.24, 2.45) is 0 Å². The van der Waals surface area contributed by atoms with E-state index in [9.17, 15) is 39.5 Å². The molecule has 0 atom stereocenters. The molecule has 32 heavy (non-hydrogen) atoms. The fraction of sp³-hybridized carbons (Fsp3) is 0.0526. The van der Waals surface area contributed by atoms with Crippen molar-refractivity contribution in [1.29, 1.82) is 0 Å². The molecule has 4 nitrogen and oxygen atoms in total. The van der Waals surface area contributed by atoms with E-state index in [-0.39, 0.29) is 6.07 Å². The summed E-state index contributed by atoms with van der Waals surface area (Å²) >= 11 is 0. The first-order chi connectivity index (χ1) is 14.8. The van der Waals surface area contributed by atoms with Crippen molar-refractivity contribution >= 4 is 11.4 Å². The zero-order chi connectivity index (χ0) is 24.0. The number of rotatable bonds is 4. The Morgan fingerprint density at radius 1 is 0.562 bits per heavy atom. The molecule has 0 aliphatic rings. The van der Waals surface area contributed by atoms with Gasteiger partial charge in [0, 0.05) is 35.6 Å². The molecule has 0 aliphatic carbocycles. The van der Waals surface area contributed by atoms with Crippen molar-refractivity contribution in [2.45, 2.75) is 6.18 Å². The molecule has 0 aliphatic heterocycles. The van der Waals surface area contributed by atoms with Crippen LogP contribution >= 0.6 is 0 Å². The summed E-state index contributed by atoms with van der Waals surface area (Å²) in [6.45, 7) is 0. The highest BCUT2D eigenvalue weighted by Gasteiger charge is 2.39. The SMILES string of the molecule is Nc1cc(F)c(F)c(Oc2c(F)cc(C(F)(F)F)c(Oc3cc(N)cc(F)c3F)c2F)c1. The van der Waals surface area contributed by atoms with Crippen molar-refractivity contribution in [3.63, 3.8) is 0 Å². The van der Waals surface area contributed by atoms with Crippen LogP contribution in [0.5, 0.6) is 23.0 Å². The zero-order valence-corrected chi connectivity index (χ0v) is 15.3. The molecule has 13 heteroatoms. The lowest BCUT2D eigenvalue weighted by Gasteiger charge is -2.18. The molecule has 4 N–H and O–H groups in total. The molecule has 3 aromatic rings. The molecule has 0 bridgehead atoms. The molecule has 170 valence electrons. The molecular formula is C19H9F9N2O2. The molecule has 0 fully saturated rings. The minimum Gasteiger partial charge on any atom is -0.450 e. The second-order valence-corrected chi connectivity index (χ2v) is 6.21. The van der Waals surface area contributed by atoms with Crippen LogP contribution in [-0.2, 0) is 6.18 Å². The smallest absolute Gasteiger partial charge is 0.420 e. The normalized spacial score (nSPS) is 11.5. The number of anilines is 2. The van der Waals surface area contributed by atoms with Crippen LogP contribution in [0.2, 0.25) is 0 Å². The number of nitrogens with two attached hydrogens (primary N) is 2. The molecule has 0 heterocycles. The molecule has 0 radical (unpaired) electrons. The quantitative estimate of drug-likeness (QED) is 0.349. The highest BCUT2D eigenvalue weighted by Crippen LogP contribution is 2.46. The molecule has 3 rings (SSSR count). The van der Waals surface area contributed by atoms with Gasteiger partial charge >= 0.3 is 6.18 Å². The highest BCUT2D eigenvalue weighted by molar-refractivity contribution is 5.53. The average molecular weight is 468 g/mol. The maximum Gasteiger partial charge on any atom is 0.420 e. The number of hydrogen-bond donors (Lipinski definition) is 2. The van der Waals surface area contributed by atoms with Crippen molar-refractivity contribution in [2.75, 3.05) is 11.5 Å². The summed E-state index contributed by atoms with van der Waals surface area (Å²) in [5.41, 5.74) is 7.53. The van der Waals surface area contributed by atoms with Crippen LogP contribution in [0.4, 0.5) is 50.9 Å². The van der Waals surface area contributed by atoms with Gasteiger partial charge < -0.3 is 20.9 Å². The standard InChI is InChI=1S/C19H9F9N2O2/c20-9-1-6(29)3-12(14(9)23)31-17-8(19(26,27)28)5-11(22)18(16(17)25)32-13-4-7(30)2-10(21)15(13)24/h1-5H,29-30H2. The minimum atomic E-state index is -5.45. The summed E-state index contributed by atoms with van der Waals surface area (Å²) in [5, 5.41) is 0. The summed E-state index contributed by atoms with van der Waals surface area (Å²) in [5.74, 6) is -17.0. The predicted octanol–water partition coefficient (Wildman–Crippen LogP) is 6.29. The summed E-state index contributed by atoms with van der Waals surface area (Å²) in [6.07, 6.45) is -5.45. The van der Waals surface area contributed by atoms with E-state index in [2.05, 4.69) is 9.47 Å². The first kappa shape index (κ1) is 22.9. The van der Waals surface area contributed by atoms with E-state index in [1.807, 2.05) is 0 Å². The summed E-state index contributed by atoms with van der Waals surface area (Å²) < 4.78 is 133. The molecule has 0 unspecified atom stereocenters. The molecule has 0 aromatic heterocycles. The van der Waals surface area contributed by atoms with Gasteiger partial charge in [-0.1, -0.05) is 0 Å². The fourth-order valence-electron chi connectivity index (χ4n) is 2.52. The number of benzene rings is 3. The van der Waals surface area contributed by atoms with E-state index in [1.54, 1.807) is 0 Å². The van der Waals surface area contributed by atoms with Crippen molar-refractivity contribution < 1.29 is 49.0 Å². The maximum atomic E-state index is 14.9. The summed E-state index contributed by atoms with van der Waals surface area (Å²) in [6, 6.07) is 1.82. The van der Waals surface area contributed by atoms with Crippen LogP contribution in [0.1, 0.15) is 5.56 Å². The Kier molecular flexibility index (Phi) is 5.76. The summed E-state index contributed by atoms with van der Waals surface area (Å²) in [4.78, 5) is 0. The first-order valence-electron chi connectivity index (χ1n) is 8.23. The number of halogens is 9. The Morgan fingerprint density at radius 2 is 1.00 bits per heavy atom. The number of ether oxygens (including phenoxy) is 2. The Morgan fingerprint density at radius 3 is 1.44 bits per heavy atom. The van der Waals surface area contributed by atoms with Crippen LogP contribution in [0, 0.1) is 34.9 Å². The van der Waals surface area contributed by atoms with Crippen molar-refractivity contribution in [1.82, 2.24) is 0 Å². The van der Waals surface area contributed by atoms with Crippen LogP contribution in [-0.4, -0.2) is 0 Å². The van der Waals surface area contributed by atoms with Crippen LogP contribution in [0.3, 0.4) is 0 Å². The lowest BCUT2D eigenvalue weighted by Crippen LogP contribution is -2.11. The first-order valence-corrected chi connectivity index (χ1v) is 8.23. The van der Waals surface area contributed by atoms with Gasteiger partial charge in [-0.05, 0) is 6.07 Å². The fourth-order valence-corrected chi connectivity index (χ4v) is 2.52. The van der Waals surface area contributed by atoms with Gasteiger partial charge in [0.1, 0.15) is 5.56 Å². The van der Waals surface area contributed by atoms with E-state index in [0.717, 1.165) is 0 Å². The van der Waals surface area contributed by atoms with E-state index in [0.29, 0.717) is 24.3 Å². The van der Waals surface area contributed by atoms with E-state index >= 15 is 0 Å². The Labute approximate surface area is 172 Å². The maximum absolute atomic E-state index is 14.9. The third kappa shape index (κ3) is 4.31. The Hall–Kier alpha value is -3.77. The monoisotopic (exact) mass is 468 g/mol. The van der Waals surface area contributed by atoms with Crippen LogP contribution in [0.25, 0.3) is 0 Å². The van der Waals surface area contributed by atoms with Gasteiger partial charge in [0.15, 0.2) is 34.7 Å². The molecule has 0 saturated carbocycles. The lowest BCUT2D eigenvalue weighted by atomic mass is 10.1. The lowest BCUT2D eigenvalue weighted by molar-refractivity contribution is -0.139. The molecule has 3 aromatic carbocycles. The van der Waals surface area contributed by atoms with E-state index in [1.165, 1.54) is 0 Å². The van der Waals surface area contributed by atoms with Gasteiger partial charge in [-0.2, -0.15) is 26.3 Å². The molecular weight excluding hydrogens is 459 g/mol. The van der Waals surface area contributed by atoms with Crippen molar-refractivity contribution in [3.05, 3.63) is 70.8 Å². The molecule has 0 spiro atoms. The number of nitrogen functional groups attached to an aromatic ring is 2. The minimum absolute atomic E-state index is 0.297. The van der Waals surface area contributed by atoms with Gasteiger partial charge in [0.05, 0.1) is 0 Å². The second-order valence-electron chi connectivity index (χ2n) is 6.21. The predicted molar refractivity (Wildman–Crippen MR) is 93.0 cm³/mol. The third-order valence-corrected chi connectivity index (χ3v) is 3.90. The van der Waals surface area contributed by atoms with Crippen LogP contribution in [0.15, 0.2) is 30.3 Å². The highest BCUT2D eigenvalue weighted by atomic mass is 19.4. The Balaban J connectivity index is 2.21. The Bertz CT molecular complexity index is 1210. The van der Waals surface area contributed by atoms with Crippen LogP contribution < -0.4 is 20.9 Å². The van der Waals surface area contributed by atoms with Gasteiger partial charge in [-0.25, -0.2) is 13.2 Å². The third-order valence-electron chi connectivity index (χ3n) is 3.90. The van der Waals surface area contributed by atoms with Crippen molar-refractivity contribution in [3.8, 4) is 23.0 Å². The largest absolute Gasteiger partial charge is 0.450 e. The topological polar surface area (TPSA) is 70.5 Å². The number of hydrogen-bond acceptors (Lipinski definition) is 4. The number of alkyl halides is 3. The van der Waals surface area contributed by atoms with E-state index in [4.69, 9.17) is 11.5 Å². The summed E-state index contributed by atoms with van der Waals surface area (Å²) in [7, 11) is 0. The molecule has 0 amide bonds. The van der Waals surface area contributed by atoms with Gasteiger partial charge in [0.25, 0.3) is 0 Å². The zero-order valence-electron chi connectivity index (χ0n) is 15.3. The van der Waals surface area contributed by atoms with Gasteiger partial charge in [-0.3, -0.25) is 0 Å². The average Bonchev–Trinajstić information content (AvgIpc) is 2.67. The van der Waals surface area contributed by atoms with Gasteiger partial charge in [-0.15, -0.1) is 0 Å². The van der Waals surface area contributed by atoms with Gasteiger partial charge in [0.2, 0.25) is 23.2 Å².